The standard InChI is InChI=1S/C19H22N4O2S2/c1-13(15-8-7-14-5-3-4-6-16(14)11-15)21-17(24)12-26-19-23-22-18(27-19)20-9-10-25-2/h3-8,11,13H,9-10,12H2,1-2H3,(H,20,22)(H,21,24). The number of anilines is 1. The lowest BCUT2D eigenvalue weighted by atomic mass is 10.0. The molecule has 1 atom stereocenters. The van der Waals surface area contributed by atoms with Crippen LogP contribution in [0.4, 0.5) is 5.13 Å². The van der Waals surface area contributed by atoms with Gasteiger partial charge in [0.05, 0.1) is 18.4 Å². The normalized spacial score (nSPS) is 12.1. The minimum Gasteiger partial charge on any atom is -0.383 e. The summed E-state index contributed by atoms with van der Waals surface area (Å²) in [5.74, 6) is 0.287. The molecule has 142 valence electrons. The van der Waals surface area contributed by atoms with E-state index in [1.807, 2.05) is 19.1 Å². The molecule has 3 aromatic rings. The van der Waals surface area contributed by atoms with Crippen molar-refractivity contribution in [3.05, 3.63) is 48.0 Å². The number of ether oxygens (including phenoxy) is 1. The minimum absolute atomic E-state index is 0.0234. The highest BCUT2D eigenvalue weighted by atomic mass is 32.2. The lowest BCUT2D eigenvalue weighted by molar-refractivity contribution is -0.119. The van der Waals surface area contributed by atoms with Crippen molar-refractivity contribution in [2.75, 3.05) is 31.3 Å². The molecule has 2 N–H and O–H groups in total. The van der Waals surface area contributed by atoms with Gasteiger partial charge in [-0.25, -0.2) is 0 Å². The molecule has 0 fully saturated rings. The van der Waals surface area contributed by atoms with Crippen LogP contribution in [0.2, 0.25) is 0 Å². The van der Waals surface area contributed by atoms with E-state index in [0.717, 1.165) is 15.0 Å². The third-order valence-corrected chi connectivity index (χ3v) is 5.98. The first-order valence-electron chi connectivity index (χ1n) is 8.63. The number of fused-ring (bicyclic) bond motifs is 1. The van der Waals surface area contributed by atoms with E-state index in [1.54, 1.807) is 7.11 Å². The van der Waals surface area contributed by atoms with Gasteiger partial charge in [-0.05, 0) is 29.3 Å². The van der Waals surface area contributed by atoms with E-state index >= 15 is 0 Å². The van der Waals surface area contributed by atoms with Crippen molar-refractivity contribution in [2.24, 2.45) is 0 Å². The zero-order valence-corrected chi connectivity index (χ0v) is 16.9. The van der Waals surface area contributed by atoms with Crippen LogP contribution in [0.3, 0.4) is 0 Å². The monoisotopic (exact) mass is 402 g/mol. The smallest absolute Gasteiger partial charge is 0.230 e. The number of amides is 1. The van der Waals surface area contributed by atoms with Crippen molar-refractivity contribution in [2.45, 2.75) is 17.3 Å². The molecular weight excluding hydrogens is 380 g/mol. The average Bonchev–Trinajstić information content (AvgIpc) is 3.14. The summed E-state index contributed by atoms with van der Waals surface area (Å²) in [5.41, 5.74) is 1.09. The number of rotatable bonds is 9. The van der Waals surface area contributed by atoms with Gasteiger partial charge < -0.3 is 15.4 Å². The number of hydrogen-bond donors (Lipinski definition) is 2. The van der Waals surface area contributed by atoms with Crippen LogP contribution < -0.4 is 10.6 Å². The Morgan fingerprint density at radius 3 is 2.85 bits per heavy atom. The number of nitrogens with zero attached hydrogens (tertiary/aromatic N) is 2. The van der Waals surface area contributed by atoms with Crippen molar-refractivity contribution < 1.29 is 9.53 Å². The van der Waals surface area contributed by atoms with Crippen LogP contribution in [0.1, 0.15) is 18.5 Å². The summed E-state index contributed by atoms with van der Waals surface area (Å²) >= 11 is 2.83. The molecule has 2 aromatic carbocycles. The molecule has 0 aliphatic rings. The highest BCUT2D eigenvalue weighted by molar-refractivity contribution is 8.01. The van der Waals surface area contributed by atoms with Crippen LogP contribution in [0.25, 0.3) is 10.8 Å². The van der Waals surface area contributed by atoms with Crippen molar-refractivity contribution in [3.63, 3.8) is 0 Å². The third kappa shape index (κ3) is 5.66. The highest BCUT2D eigenvalue weighted by Gasteiger charge is 2.12. The largest absolute Gasteiger partial charge is 0.383 e. The van der Waals surface area contributed by atoms with Gasteiger partial charge in [0, 0.05) is 13.7 Å². The van der Waals surface area contributed by atoms with Gasteiger partial charge in [-0.2, -0.15) is 0 Å². The Morgan fingerprint density at radius 2 is 2.04 bits per heavy atom. The van der Waals surface area contributed by atoms with Crippen LogP contribution in [0.5, 0.6) is 0 Å². The van der Waals surface area contributed by atoms with E-state index < -0.39 is 0 Å². The molecule has 0 aliphatic carbocycles. The van der Waals surface area contributed by atoms with Crippen LogP contribution in [-0.4, -0.2) is 42.1 Å². The molecule has 0 spiro atoms. The zero-order valence-electron chi connectivity index (χ0n) is 15.3. The van der Waals surface area contributed by atoms with Crippen LogP contribution in [-0.2, 0) is 9.53 Å². The predicted molar refractivity (Wildman–Crippen MR) is 112 cm³/mol. The fraction of sp³-hybridized carbons (Fsp3) is 0.316. The Morgan fingerprint density at radius 1 is 1.22 bits per heavy atom. The van der Waals surface area contributed by atoms with Gasteiger partial charge in [-0.15, -0.1) is 10.2 Å². The molecule has 6 nitrogen and oxygen atoms in total. The summed E-state index contributed by atoms with van der Waals surface area (Å²) < 4.78 is 5.75. The van der Waals surface area contributed by atoms with Crippen molar-refractivity contribution in [1.29, 1.82) is 0 Å². The van der Waals surface area contributed by atoms with E-state index in [1.165, 1.54) is 33.9 Å². The third-order valence-electron chi connectivity index (χ3n) is 3.97. The Bertz CT molecular complexity index is 900. The Labute approximate surface area is 166 Å². The lowest BCUT2D eigenvalue weighted by Gasteiger charge is -2.14. The van der Waals surface area contributed by atoms with Crippen molar-refractivity contribution in [3.8, 4) is 0 Å². The van der Waals surface area contributed by atoms with E-state index in [9.17, 15) is 4.79 Å². The van der Waals surface area contributed by atoms with Crippen LogP contribution >= 0.6 is 23.1 Å². The summed E-state index contributed by atoms with van der Waals surface area (Å²) in [6, 6.07) is 14.4. The van der Waals surface area contributed by atoms with Crippen molar-refractivity contribution >= 4 is 44.9 Å². The second-order valence-electron chi connectivity index (χ2n) is 5.98. The van der Waals surface area contributed by atoms with Crippen LogP contribution in [0, 0.1) is 0 Å². The Kier molecular flexibility index (Phi) is 7.03. The minimum atomic E-state index is -0.0524. The fourth-order valence-corrected chi connectivity index (χ4v) is 4.16. The summed E-state index contributed by atoms with van der Waals surface area (Å²) in [5, 5.41) is 17.4. The van der Waals surface area contributed by atoms with Gasteiger partial charge in [0.25, 0.3) is 0 Å². The van der Waals surface area contributed by atoms with E-state index in [-0.39, 0.29) is 11.9 Å². The maximum atomic E-state index is 12.3. The predicted octanol–water partition coefficient (Wildman–Crippen LogP) is 3.72. The summed E-state index contributed by atoms with van der Waals surface area (Å²) in [4.78, 5) is 12.3. The summed E-state index contributed by atoms with van der Waals surface area (Å²) in [6.45, 7) is 3.28. The molecular formula is C19H22N4O2S2. The van der Waals surface area contributed by atoms with Gasteiger partial charge >= 0.3 is 0 Å². The van der Waals surface area contributed by atoms with Gasteiger partial charge in [-0.3, -0.25) is 4.79 Å². The number of hydrogen-bond acceptors (Lipinski definition) is 7. The second-order valence-corrected chi connectivity index (χ2v) is 8.18. The number of benzene rings is 2. The Balaban J connectivity index is 1.49. The van der Waals surface area contributed by atoms with Gasteiger partial charge in [0.2, 0.25) is 11.0 Å². The maximum Gasteiger partial charge on any atom is 0.230 e. The number of carbonyl (C=O) groups excluding carboxylic acids is 1. The number of thioether (sulfide) groups is 1. The second kappa shape index (κ2) is 9.68. The van der Waals surface area contributed by atoms with E-state index in [2.05, 4.69) is 51.2 Å². The van der Waals surface area contributed by atoms with E-state index in [4.69, 9.17) is 4.74 Å². The number of carbonyl (C=O) groups is 1. The molecule has 1 amide bonds. The van der Waals surface area contributed by atoms with Gasteiger partial charge in [0.1, 0.15) is 0 Å². The highest BCUT2D eigenvalue weighted by Crippen LogP contribution is 2.25. The van der Waals surface area contributed by atoms with Crippen LogP contribution in [0.15, 0.2) is 46.8 Å². The summed E-state index contributed by atoms with van der Waals surface area (Å²) in [7, 11) is 1.65. The first-order chi connectivity index (χ1) is 13.2. The molecule has 8 heteroatoms. The maximum absolute atomic E-state index is 12.3. The van der Waals surface area contributed by atoms with Gasteiger partial charge in [-0.1, -0.05) is 59.5 Å². The first kappa shape index (κ1) is 19.6. The first-order valence-corrected chi connectivity index (χ1v) is 10.4. The lowest BCUT2D eigenvalue weighted by Crippen LogP contribution is -2.28. The molecule has 27 heavy (non-hydrogen) atoms. The molecule has 1 unspecified atom stereocenters. The fourth-order valence-electron chi connectivity index (χ4n) is 2.57. The van der Waals surface area contributed by atoms with Gasteiger partial charge in [0.15, 0.2) is 4.34 Å². The van der Waals surface area contributed by atoms with Crippen molar-refractivity contribution in [1.82, 2.24) is 15.5 Å². The number of methoxy groups -OCH3 is 1. The average molecular weight is 403 g/mol. The molecule has 0 radical (unpaired) electrons. The zero-order chi connectivity index (χ0) is 19.1. The molecule has 0 saturated heterocycles. The Hall–Kier alpha value is -2.16. The van der Waals surface area contributed by atoms with E-state index in [0.29, 0.717) is 18.9 Å². The SMILES string of the molecule is COCCNc1nnc(SCC(=O)NC(C)c2ccc3ccccc3c2)s1. The quantitative estimate of drug-likeness (QED) is 0.420. The number of aromatic nitrogens is 2. The topological polar surface area (TPSA) is 76.1 Å². The molecule has 0 bridgehead atoms. The molecule has 1 heterocycles. The molecule has 1 aromatic heterocycles. The molecule has 0 saturated carbocycles. The molecule has 0 aliphatic heterocycles. The number of nitrogens with one attached hydrogen (secondary N) is 2. The molecule has 3 rings (SSSR count). The summed E-state index contributed by atoms with van der Waals surface area (Å²) in [6.07, 6.45) is 0.